The van der Waals surface area contributed by atoms with Crippen LogP contribution in [0.5, 0.6) is 0 Å². The average Bonchev–Trinajstić information content (AvgIpc) is 2.55. The molecule has 2 aromatic rings. The first kappa shape index (κ1) is 16.0. The molecule has 3 rings (SSSR count). The molecule has 1 unspecified atom stereocenters. The van der Waals surface area contributed by atoms with Gasteiger partial charge in [-0.2, -0.15) is 4.39 Å². The third-order valence-electron chi connectivity index (χ3n) is 4.16. The fourth-order valence-corrected chi connectivity index (χ4v) is 2.93. The molecule has 7 heteroatoms. The lowest BCUT2D eigenvalue weighted by Gasteiger charge is -2.36. The zero-order valence-electron chi connectivity index (χ0n) is 12.8. The highest BCUT2D eigenvalue weighted by Crippen LogP contribution is 2.27. The summed E-state index contributed by atoms with van der Waals surface area (Å²) >= 11 is 0. The molecule has 2 heterocycles. The number of nitrogens with zero attached hydrogens (tertiary/aromatic N) is 3. The fraction of sp³-hybridized carbons (Fsp3) is 0.438. The lowest BCUT2D eigenvalue weighted by atomic mass is 10.1. The van der Waals surface area contributed by atoms with Gasteiger partial charge in [-0.15, -0.1) is 0 Å². The third-order valence-corrected chi connectivity index (χ3v) is 4.16. The van der Waals surface area contributed by atoms with E-state index < -0.39 is 12.1 Å². The van der Waals surface area contributed by atoms with Crippen molar-refractivity contribution in [3.63, 3.8) is 0 Å². The number of aliphatic hydroxyl groups is 1. The predicted octanol–water partition coefficient (Wildman–Crippen LogP) is 0.955. The van der Waals surface area contributed by atoms with Crippen molar-refractivity contribution >= 4 is 16.6 Å². The van der Waals surface area contributed by atoms with Crippen molar-refractivity contribution in [2.24, 2.45) is 5.73 Å². The number of nitrogens with two attached hydrogens (primary N) is 1. The van der Waals surface area contributed by atoms with E-state index in [0.29, 0.717) is 49.3 Å². The molecule has 1 aliphatic rings. The Morgan fingerprint density at radius 1 is 1.17 bits per heavy atom. The van der Waals surface area contributed by atoms with E-state index in [-0.39, 0.29) is 12.4 Å². The summed E-state index contributed by atoms with van der Waals surface area (Å²) in [6.07, 6.45) is -0.538. The number of rotatable bonds is 4. The van der Waals surface area contributed by atoms with Crippen LogP contribution < -0.4 is 10.6 Å². The summed E-state index contributed by atoms with van der Waals surface area (Å²) in [6.45, 7) is 3.46. The summed E-state index contributed by atoms with van der Waals surface area (Å²) in [4.78, 5) is 8.03. The molecule has 3 N–H and O–H groups in total. The molecule has 1 atom stereocenters. The predicted molar refractivity (Wildman–Crippen MR) is 85.4 cm³/mol. The number of benzene rings is 1. The van der Waals surface area contributed by atoms with E-state index in [9.17, 15) is 13.9 Å². The Morgan fingerprint density at radius 3 is 2.61 bits per heavy atom. The lowest BCUT2D eigenvalue weighted by molar-refractivity contribution is 0.115. The van der Waals surface area contributed by atoms with Crippen molar-refractivity contribution < 1.29 is 13.9 Å². The molecule has 1 aromatic carbocycles. The standard InChI is InChI=1S/C16H20F2N4O/c17-12-2-1-11-7-15(18)20-16(14(11)8-12)22-5-3-21(4-6-22)10-13(23)9-19/h1-2,7-8,13,23H,3-6,9-10,19H2. The summed E-state index contributed by atoms with van der Waals surface area (Å²) in [5.41, 5.74) is 5.43. The van der Waals surface area contributed by atoms with E-state index in [1.807, 2.05) is 4.90 Å². The molecule has 0 aliphatic carbocycles. The Kier molecular flexibility index (Phi) is 4.70. The van der Waals surface area contributed by atoms with Crippen molar-refractivity contribution in [2.75, 3.05) is 44.2 Å². The molecule has 1 fully saturated rings. The topological polar surface area (TPSA) is 65.6 Å². The van der Waals surface area contributed by atoms with Crippen LogP contribution in [0.4, 0.5) is 14.6 Å². The van der Waals surface area contributed by atoms with Gasteiger partial charge in [0.1, 0.15) is 11.6 Å². The van der Waals surface area contributed by atoms with E-state index in [0.717, 1.165) is 0 Å². The van der Waals surface area contributed by atoms with Crippen LogP contribution in [0.2, 0.25) is 0 Å². The monoisotopic (exact) mass is 322 g/mol. The number of piperazine rings is 1. The summed E-state index contributed by atoms with van der Waals surface area (Å²) in [7, 11) is 0. The molecular formula is C16H20F2N4O. The molecule has 0 spiro atoms. The fourth-order valence-electron chi connectivity index (χ4n) is 2.93. The van der Waals surface area contributed by atoms with E-state index in [1.54, 1.807) is 6.07 Å². The molecule has 1 aromatic heterocycles. The maximum atomic E-state index is 13.8. The van der Waals surface area contributed by atoms with Gasteiger partial charge in [0.25, 0.3) is 0 Å². The molecule has 124 valence electrons. The average molecular weight is 322 g/mol. The van der Waals surface area contributed by atoms with Gasteiger partial charge < -0.3 is 15.7 Å². The number of hydrogen-bond acceptors (Lipinski definition) is 5. The van der Waals surface area contributed by atoms with Crippen LogP contribution in [0, 0.1) is 11.8 Å². The Bertz CT molecular complexity index is 689. The van der Waals surface area contributed by atoms with Crippen molar-refractivity contribution in [3.05, 3.63) is 36.0 Å². The minimum atomic E-state index is -0.569. The summed E-state index contributed by atoms with van der Waals surface area (Å²) in [5.74, 6) is -0.463. The molecule has 1 aliphatic heterocycles. The van der Waals surface area contributed by atoms with Crippen LogP contribution in [-0.2, 0) is 0 Å². The maximum absolute atomic E-state index is 13.8. The zero-order valence-corrected chi connectivity index (χ0v) is 12.8. The smallest absolute Gasteiger partial charge is 0.215 e. The van der Waals surface area contributed by atoms with Gasteiger partial charge in [-0.1, -0.05) is 6.07 Å². The minimum absolute atomic E-state index is 0.232. The number of pyridine rings is 1. The van der Waals surface area contributed by atoms with E-state index in [1.165, 1.54) is 18.2 Å². The van der Waals surface area contributed by atoms with Gasteiger partial charge in [0.05, 0.1) is 6.10 Å². The van der Waals surface area contributed by atoms with Gasteiger partial charge in [-0.25, -0.2) is 9.37 Å². The van der Waals surface area contributed by atoms with Crippen LogP contribution in [0.15, 0.2) is 24.3 Å². The Hall–Kier alpha value is -1.83. The van der Waals surface area contributed by atoms with Crippen molar-refractivity contribution in [2.45, 2.75) is 6.10 Å². The second-order valence-corrected chi connectivity index (χ2v) is 5.81. The number of halogens is 2. The van der Waals surface area contributed by atoms with E-state index in [2.05, 4.69) is 9.88 Å². The van der Waals surface area contributed by atoms with Crippen molar-refractivity contribution in [1.82, 2.24) is 9.88 Å². The first-order chi connectivity index (χ1) is 11.1. The van der Waals surface area contributed by atoms with Gasteiger partial charge in [0.15, 0.2) is 0 Å². The first-order valence-corrected chi connectivity index (χ1v) is 7.68. The summed E-state index contributed by atoms with van der Waals surface area (Å²) in [5, 5.41) is 10.9. The number of hydrogen-bond donors (Lipinski definition) is 2. The largest absolute Gasteiger partial charge is 0.390 e. The molecule has 1 saturated heterocycles. The Balaban J connectivity index is 1.80. The van der Waals surface area contributed by atoms with Crippen LogP contribution >= 0.6 is 0 Å². The zero-order chi connectivity index (χ0) is 16.4. The van der Waals surface area contributed by atoms with Crippen LogP contribution in [0.25, 0.3) is 10.8 Å². The molecule has 0 saturated carbocycles. The first-order valence-electron chi connectivity index (χ1n) is 7.68. The molecule has 0 bridgehead atoms. The van der Waals surface area contributed by atoms with Crippen LogP contribution in [-0.4, -0.2) is 60.4 Å². The number of aliphatic hydroxyl groups excluding tert-OH is 1. The lowest BCUT2D eigenvalue weighted by Crippen LogP contribution is -2.49. The highest BCUT2D eigenvalue weighted by Gasteiger charge is 2.21. The highest BCUT2D eigenvalue weighted by molar-refractivity contribution is 5.92. The quantitative estimate of drug-likeness (QED) is 0.821. The Labute approximate surface area is 133 Å². The number of aromatic nitrogens is 1. The SMILES string of the molecule is NCC(O)CN1CCN(c2nc(F)cc3ccc(F)cc23)CC1. The molecule has 0 radical (unpaired) electrons. The minimum Gasteiger partial charge on any atom is -0.390 e. The van der Waals surface area contributed by atoms with Gasteiger partial charge in [0, 0.05) is 50.7 Å². The second-order valence-electron chi connectivity index (χ2n) is 5.81. The third kappa shape index (κ3) is 3.57. The maximum Gasteiger partial charge on any atom is 0.215 e. The van der Waals surface area contributed by atoms with E-state index in [4.69, 9.17) is 5.73 Å². The van der Waals surface area contributed by atoms with Crippen molar-refractivity contribution in [3.8, 4) is 0 Å². The van der Waals surface area contributed by atoms with E-state index >= 15 is 0 Å². The highest BCUT2D eigenvalue weighted by atomic mass is 19.1. The molecule has 23 heavy (non-hydrogen) atoms. The van der Waals surface area contributed by atoms with Crippen molar-refractivity contribution in [1.29, 1.82) is 0 Å². The Morgan fingerprint density at radius 2 is 1.91 bits per heavy atom. The van der Waals surface area contributed by atoms with Crippen LogP contribution in [0.3, 0.4) is 0 Å². The molecule has 0 amide bonds. The number of fused-ring (bicyclic) bond motifs is 1. The normalized spacial score (nSPS) is 17.7. The molecule has 5 nitrogen and oxygen atoms in total. The number of β-amino-alcohol motifs (C(OH)–C–C–N with tert-alkyl or cyclic N) is 1. The van der Waals surface area contributed by atoms with Gasteiger partial charge in [0.2, 0.25) is 5.95 Å². The van der Waals surface area contributed by atoms with Crippen LogP contribution in [0.1, 0.15) is 0 Å². The summed E-state index contributed by atoms with van der Waals surface area (Å²) < 4.78 is 27.3. The van der Waals surface area contributed by atoms with Gasteiger partial charge >= 0.3 is 0 Å². The number of anilines is 1. The summed E-state index contributed by atoms with van der Waals surface area (Å²) in [6, 6.07) is 5.58. The molecular weight excluding hydrogens is 302 g/mol. The second kappa shape index (κ2) is 6.74. The van der Waals surface area contributed by atoms with Gasteiger partial charge in [-0.05, 0) is 17.5 Å². The van der Waals surface area contributed by atoms with Gasteiger partial charge in [-0.3, -0.25) is 4.90 Å².